The number of aryl methyl sites for hydroxylation is 1. The highest BCUT2D eigenvalue weighted by molar-refractivity contribution is 9.10. The smallest absolute Gasteiger partial charge is 0.341 e. The van der Waals surface area contributed by atoms with Crippen molar-refractivity contribution in [2.45, 2.75) is 34.2 Å². The Morgan fingerprint density at radius 1 is 1.31 bits per heavy atom. The number of nitrogens with one attached hydrogen (secondary N) is 1. The van der Waals surface area contributed by atoms with Crippen LogP contribution < -0.4 is 11.1 Å². The summed E-state index contributed by atoms with van der Waals surface area (Å²) in [5.41, 5.74) is 7.47. The zero-order valence-corrected chi connectivity index (χ0v) is 17.2. The lowest BCUT2D eigenvalue weighted by Crippen LogP contribution is -2.21. The van der Waals surface area contributed by atoms with Gasteiger partial charge in [0.1, 0.15) is 11.5 Å². The maximum atomic E-state index is 12.4. The summed E-state index contributed by atoms with van der Waals surface area (Å²) in [5.74, 6) is -1.66. The van der Waals surface area contributed by atoms with Gasteiger partial charge in [-0.3, -0.25) is 14.3 Å². The normalized spacial score (nSPS) is 10.7. The zero-order chi connectivity index (χ0) is 19.6. The number of aromatic nitrogens is 2. The fraction of sp³-hybridized carbons (Fsp3) is 0.375. The molecule has 26 heavy (non-hydrogen) atoms. The second kappa shape index (κ2) is 8.00. The van der Waals surface area contributed by atoms with Gasteiger partial charge in [-0.25, -0.2) is 4.79 Å². The minimum Gasteiger partial charge on any atom is -0.462 e. The van der Waals surface area contributed by atoms with E-state index in [1.165, 1.54) is 0 Å². The van der Waals surface area contributed by atoms with Gasteiger partial charge >= 0.3 is 5.97 Å². The highest BCUT2D eigenvalue weighted by Gasteiger charge is 2.26. The summed E-state index contributed by atoms with van der Waals surface area (Å²) < 4.78 is 7.40. The molecule has 0 spiro atoms. The summed E-state index contributed by atoms with van der Waals surface area (Å²) in [7, 11) is 0. The highest BCUT2D eigenvalue weighted by atomic mass is 79.9. The first-order valence-corrected chi connectivity index (χ1v) is 9.37. The molecule has 0 atom stereocenters. The van der Waals surface area contributed by atoms with Crippen molar-refractivity contribution >= 4 is 50.1 Å². The van der Waals surface area contributed by atoms with Crippen LogP contribution in [0.4, 0.5) is 5.00 Å². The Hall–Kier alpha value is -2.20. The Labute approximate surface area is 162 Å². The van der Waals surface area contributed by atoms with Crippen molar-refractivity contribution in [3.63, 3.8) is 0 Å². The van der Waals surface area contributed by atoms with Crippen molar-refractivity contribution in [2.24, 2.45) is 5.73 Å². The van der Waals surface area contributed by atoms with Gasteiger partial charge in [0.15, 0.2) is 0 Å². The maximum Gasteiger partial charge on any atom is 0.341 e. The van der Waals surface area contributed by atoms with Crippen LogP contribution in [-0.2, 0) is 16.1 Å². The minimum absolute atomic E-state index is 0.0383. The molecule has 2 rings (SSSR count). The van der Waals surface area contributed by atoms with E-state index >= 15 is 0 Å². The Morgan fingerprint density at radius 3 is 2.46 bits per heavy atom. The van der Waals surface area contributed by atoms with Crippen LogP contribution in [0.2, 0.25) is 0 Å². The molecule has 10 heteroatoms. The van der Waals surface area contributed by atoms with Crippen LogP contribution in [0.1, 0.15) is 43.9 Å². The number of nitrogens with two attached hydrogens (primary N) is 1. The van der Waals surface area contributed by atoms with Crippen LogP contribution in [-0.4, -0.2) is 34.2 Å². The minimum atomic E-state index is -0.666. The number of nitrogens with zero attached hydrogens (tertiary/aromatic N) is 2. The number of carbonyl (C=O) groups excluding carboxylic acids is 3. The Balaban J connectivity index is 2.31. The highest BCUT2D eigenvalue weighted by Crippen LogP contribution is 2.33. The number of carbonyl (C=O) groups is 3. The van der Waals surface area contributed by atoms with Crippen LogP contribution in [0.5, 0.6) is 0 Å². The number of hydrogen-bond acceptors (Lipinski definition) is 6. The number of amides is 2. The van der Waals surface area contributed by atoms with Gasteiger partial charge in [-0.05, 0) is 49.2 Å². The molecule has 8 nitrogen and oxygen atoms in total. The molecule has 0 aromatic carbocycles. The predicted molar refractivity (Wildman–Crippen MR) is 102 cm³/mol. The fourth-order valence-electron chi connectivity index (χ4n) is 2.42. The van der Waals surface area contributed by atoms with E-state index in [4.69, 9.17) is 10.5 Å². The molecule has 0 aliphatic rings. The summed E-state index contributed by atoms with van der Waals surface area (Å²) in [5, 5.41) is 7.18. The molecule has 2 amide bonds. The van der Waals surface area contributed by atoms with Gasteiger partial charge in [0.05, 0.1) is 32.9 Å². The lowest BCUT2D eigenvalue weighted by molar-refractivity contribution is -0.116. The standard InChI is InChI=1S/C16H19BrN4O4S/c1-5-25-16(24)11-7(2)13(14(18)23)26-15(11)19-10(22)6-21-9(4)12(17)8(3)20-21/h5-6H2,1-4H3,(H2,18,23)(H,19,22). The monoisotopic (exact) mass is 442 g/mol. The lowest BCUT2D eigenvalue weighted by atomic mass is 10.1. The molecule has 3 N–H and O–H groups in total. The van der Waals surface area contributed by atoms with Crippen LogP contribution >= 0.6 is 27.3 Å². The van der Waals surface area contributed by atoms with Gasteiger partial charge in [-0.1, -0.05) is 0 Å². The molecule has 0 bridgehead atoms. The molecule has 2 heterocycles. The van der Waals surface area contributed by atoms with Crippen molar-refractivity contribution in [3.05, 3.63) is 31.9 Å². The number of anilines is 1. The quantitative estimate of drug-likeness (QED) is 0.666. The van der Waals surface area contributed by atoms with E-state index in [2.05, 4.69) is 26.3 Å². The summed E-state index contributed by atoms with van der Waals surface area (Å²) in [4.78, 5) is 36.4. The molecule has 0 unspecified atom stereocenters. The van der Waals surface area contributed by atoms with Gasteiger partial charge in [0.2, 0.25) is 5.91 Å². The molecule has 140 valence electrons. The van der Waals surface area contributed by atoms with Crippen molar-refractivity contribution in [2.75, 3.05) is 11.9 Å². The van der Waals surface area contributed by atoms with Crippen molar-refractivity contribution < 1.29 is 19.1 Å². The van der Waals surface area contributed by atoms with E-state index in [1.807, 2.05) is 13.8 Å². The third kappa shape index (κ3) is 3.96. The van der Waals surface area contributed by atoms with E-state index in [9.17, 15) is 14.4 Å². The van der Waals surface area contributed by atoms with E-state index < -0.39 is 11.9 Å². The molecule has 0 fully saturated rings. The number of rotatable bonds is 6. The van der Waals surface area contributed by atoms with Crippen LogP contribution in [0.25, 0.3) is 0 Å². The molecule has 0 radical (unpaired) electrons. The molecule has 0 aliphatic heterocycles. The average Bonchev–Trinajstić information content (AvgIpc) is 3.00. The average molecular weight is 443 g/mol. The fourth-order valence-corrected chi connectivity index (χ4v) is 3.76. The summed E-state index contributed by atoms with van der Waals surface area (Å²) in [6.45, 7) is 7.06. The first-order chi connectivity index (χ1) is 12.2. The second-order valence-electron chi connectivity index (χ2n) is 5.54. The van der Waals surface area contributed by atoms with Gasteiger partial charge in [0, 0.05) is 0 Å². The van der Waals surface area contributed by atoms with E-state index in [-0.39, 0.29) is 34.5 Å². The zero-order valence-electron chi connectivity index (χ0n) is 14.8. The van der Waals surface area contributed by atoms with E-state index in [1.54, 1.807) is 18.5 Å². The van der Waals surface area contributed by atoms with Crippen molar-refractivity contribution in [1.82, 2.24) is 9.78 Å². The van der Waals surface area contributed by atoms with Crippen molar-refractivity contribution in [1.29, 1.82) is 0 Å². The van der Waals surface area contributed by atoms with Gasteiger partial charge < -0.3 is 15.8 Å². The molecule has 0 aliphatic carbocycles. The molecule has 2 aromatic rings. The summed E-state index contributed by atoms with van der Waals surface area (Å²) in [6, 6.07) is 0. The predicted octanol–water partition coefficient (Wildman–Crippen LogP) is 2.55. The molecule has 0 saturated carbocycles. The largest absolute Gasteiger partial charge is 0.462 e. The van der Waals surface area contributed by atoms with Gasteiger partial charge in [0.25, 0.3) is 5.91 Å². The Kier molecular flexibility index (Phi) is 6.19. The number of thiophene rings is 1. The number of hydrogen-bond donors (Lipinski definition) is 2. The number of primary amides is 1. The SMILES string of the molecule is CCOC(=O)c1c(NC(=O)Cn2nc(C)c(Br)c2C)sc(C(N)=O)c1C. The summed E-state index contributed by atoms with van der Waals surface area (Å²) in [6.07, 6.45) is 0. The number of esters is 1. The topological polar surface area (TPSA) is 116 Å². The van der Waals surface area contributed by atoms with Crippen LogP contribution in [0.15, 0.2) is 4.47 Å². The third-order valence-electron chi connectivity index (χ3n) is 3.69. The van der Waals surface area contributed by atoms with Crippen LogP contribution in [0, 0.1) is 20.8 Å². The Morgan fingerprint density at radius 2 is 1.96 bits per heavy atom. The van der Waals surface area contributed by atoms with Gasteiger partial charge in [-0.15, -0.1) is 11.3 Å². The molecular formula is C16H19BrN4O4S. The van der Waals surface area contributed by atoms with Gasteiger partial charge in [-0.2, -0.15) is 5.10 Å². The lowest BCUT2D eigenvalue weighted by Gasteiger charge is -2.08. The summed E-state index contributed by atoms with van der Waals surface area (Å²) >= 11 is 4.36. The number of halogens is 1. The second-order valence-corrected chi connectivity index (χ2v) is 7.35. The molecule has 0 saturated heterocycles. The third-order valence-corrected chi connectivity index (χ3v) is 6.06. The maximum absolute atomic E-state index is 12.4. The van der Waals surface area contributed by atoms with E-state index in [0.717, 1.165) is 27.2 Å². The van der Waals surface area contributed by atoms with Crippen molar-refractivity contribution in [3.8, 4) is 0 Å². The Bertz CT molecular complexity index is 887. The molecular weight excluding hydrogens is 424 g/mol. The first kappa shape index (κ1) is 20.1. The number of ether oxygens (including phenoxy) is 1. The van der Waals surface area contributed by atoms with Crippen LogP contribution in [0.3, 0.4) is 0 Å². The molecule has 2 aromatic heterocycles. The first-order valence-electron chi connectivity index (χ1n) is 7.77. The van der Waals surface area contributed by atoms with E-state index in [0.29, 0.717) is 5.56 Å².